The van der Waals surface area contributed by atoms with E-state index in [-0.39, 0.29) is 17.5 Å². The van der Waals surface area contributed by atoms with Gasteiger partial charge < -0.3 is 24.6 Å². The van der Waals surface area contributed by atoms with E-state index in [1.165, 1.54) is 26.3 Å². The number of hydrogen-bond donors (Lipinski definition) is 2. The number of aromatic nitrogens is 1. The van der Waals surface area contributed by atoms with Crippen molar-refractivity contribution in [1.82, 2.24) is 10.3 Å². The van der Waals surface area contributed by atoms with Gasteiger partial charge in [0.05, 0.1) is 7.11 Å². The van der Waals surface area contributed by atoms with Crippen LogP contribution in [0.3, 0.4) is 0 Å². The van der Waals surface area contributed by atoms with Crippen molar-refractivity contribution in [2.75, 3.05) is 7.11 Å². The van der Waals surface area contributed by atoms with Gasteiger partial charge in [-0.15, -0.1) is 0 Å². The van der Waals surface area contributed by atoms with Gasteiger partial charge in [-0.1, -0.05) is 44.2 Å². The van der Waals surface area contributed by atoms with Crippen LogP contribution in [0.2, 0.25) is 0 Å². The monoisotopic (exact) mass is 480 g/mol. The van der Waals surface area contributed by atoms with Crippen molar-refractivity contribution in [2.24, 2.45) is 5.92 Å². The minimum atomic E-state index is -0.974. The average Bonchev–Trinajstić information content (AvgIpc) is 2.83. The van der Waals surface area contributed by atoms with Gasteiger partial charge in [0.15, 0.2) is 17.2 Å². The maximum absolute atomic E-state index is 12.7. The van der Waals surface area contributed by atoms with E-state index in [4.69, 9.17) is 14.2 Å². The number of esters is 1. The number of aromatic hydroxyl groups is 1. The SMILES string of the molecule is COc1ccnc(C(=O)N[C@@H](C)C(=O)O[C@@H](C)[C@@H](CC(C)C)Oc2ccc3ccccc3c2)c1O. The van der Waals surface area contributed by atoms with Crippen LogP contribution < -0.4 is 14.8 Å². The van der Waals surface area contributed by atoms with E-state index in [0.29, 0.717) is 18.1 Å². The van der Waals surface area contributed by atoms with E-state index >= 15 is 0 Å². The van der Waals surface area contributed by atoms with Crippen LogP contribution in [-0.4, -0.2) is 47.3 Å². The molecule has 3 aromatic rings. The topological polar surface area (TPSA) is 107 Å². The Morgan fingerprint density at radius 2 is 1.74 bits per heavy atom. The van der Waals surface area contributed by atoms with Gasteiger partial charge >= 0.3 is 5.97 Å². The molecule has 1 aromatic heterocycles. The molecule has 186 valence electrons. The van der Waals surface area contributed by atoms with E-state index in [0.717, 1.165) is 10.8 Å². The zero-order valence-electron chi connectivity index (χ0n) is 20.6. The summed E-state index contributed by atoms with van der Waals surface area (Å²) in [6, 6.07) is 14.3. The lowest BCUT2D eigenvalue weighted by Crippen LogP contribution is -2.43. The first kappa shape index (κ1) is 25.8. The summed E-state index contributed by atoms with van der Waals surface area (Å²) < 4.78 is 16.9. The third-order valence-electron chi connectivity index (χ3n) is 5.56. The van der Waals surface area contributed by atoms with Crippen LogP contribution in [-0.2, 0) is 9.53 Å². The van der Waals surface area contributed by atoms with E-state index in [1.54, 1.807) is 6.92 Å². The quantitative estimate of drug-likeness (QED) is 0.412. The van der Waals surface area contributed by atoms with Crippen LogP contribution in [0.15, 0.2) is 54.7 Å². The fourth-order valence-corrected chi connectivity index (χ4v) is 3.67. The molecule has 0 fully saturated rings. The molecule has 8 heteroatoms. The summed E-state index contributed by atoms with van der Waals surface area (Å²) in [6.07, 6.45) is 1.05. The lowest BCUT2D eigenvalue weighted by molar-refractivity contribution is -0.155. The number of nitrogens with zero attached hydrogens (tertiary/aromatic N) is 1. The molecule has 3 rings (SSSR count). The molecule has 3 atom stereocenters. The number of rotatable bonds is 10. The first-order valence-corrected chi connectivity index (χ1v) is 11.6. The summed E-state index contributed by atoms with van der Waals surface area (Å²) in [5, 5.41) is 14.8. The highest BCUT2D eigenvalue weighted by atomic mass is 16.6. The number of carbonyl (C=O) groups is 2. The Hall–Kier alpha value is -3.81. The van der Waals surface area contributed by atoms with Gasteiger partial charge in [-0.05, 0) is 49.1 Å². The van der Waals surface area contributed by atoms with E-state index < -0.39 is 29.8 Å². The van der Waals surface area contributed by atoms with E-state index in [1.807, 2.05) is 42.5 Å². The Morgan fingerprint density at radius 1 is 1.03 bits per heavy atom. The van der Waals surface area contributed by atoms with Crippen molar-refractivity contribution >= 4 is 22.6 Å². The second kappa shape index (κ2) is 11.6. The largest absolute Gasteiger partial charge is 0.503 e. The van der Waals surface area contributed by atoms with Gasteiger partial charge in [-0.2, -0.15) is 0 Å². The summed E-state index contributed by atoms with van der Waals surface area (Å²) in [4.78, 5) is 29.2. The van der Waals surface area contributed by atoms with Crippen LogP contribution >= 0.6 is 0 Å². The molecule has 0 unspecified atom stereocenters. The molecule has 0 aliphatic heterocycles. The molecular weight excluding hydrogens is 448 g/mol. The Morgan fingerprint density at radius 3 is 2.43 bits per heavy atom. The van der Waals surface area contributed by atoms with Gasteiger partial charge in [0.1, 0.15) is 24.0 Å². The van der Waals surface area contributed by atoms with E-state index in [9.17, 15) is 14.7 Å². The Labute approximate surface area is 205 Å². The van der Waals surface area contributed by atoms with Crippen LogP contribution in [0, 0.1) is 5.92 Å². The summed E-state index contributed by atoms with van der Waals surface area (Å²) in [7, 11) is 1.37. The molecule has 0 aliphatic carbocycles. The van der Waals surface area contributed by atoms with Crippen molar-refractivity contribution in [3.63, 3.8) is 0 Å². The fourth-order valence-electron chi connectivity index (χ4n) is 3.67. The highest BCUT2D eigenvalue weighted by molar-refractivity contribution is 5.97. The Balaban J connectivity index is 1.66. The van der Waals surface area contributed by atoms with Crippen LogP contribution in [0.5, 0.6) is 17.2 Å². The molecule has 35 heavy (non-hydrogen) atoms. The molecular formula is C27H32N2O6. The molecule has 0 radical (unpaired) electrons. The molecule has 1 heterocycles. The van der Waals surface area contributed by atoms with Crippen molar-refractivity contribution in [1.29, 1.82) is 0 Å². The fraction of sp³-hybridized carbons (Fsp3) is 0.370. The van der Waals surface area contributed by atoms with Gasteiger partial charge in [0.25, 0.3) is 5.91 Å². The number of fused-ring (bicyclic) bond motifs is 1. The Bertz CT molecular complexity index is 1180. The molecule has 0 saturated heterocycles. The second-order valence-electron chi connectivity index (χ2n) is 8.84. The van der Waals surface area contributed by atoms with E-state index in [2.05, 4.69) is 24.1 Å². The van der Waals surface area contributed by atoms with Crippen molar-refractivity contribution in [3.8, 4) is 17.2 Å². The van der Waals surface area contributed by atoms with Gasteiger partial charge in [-0.3, -0.25) is 4.79 Å². The predicted octanol–water partition coefficient (Wildman–Crippen LogP) is 4.49. The number of nitrogens with one attached hydrogen (secondary N) is 1. The molecule has 0 bridgehead atoms. The number of ether oxygens (including phenoxy) is 3. The zero-order chi connectivity index (χ0) is 25.5. The van der Waals surface area contributed by atoms with Crippen LogP contribution in [0.1, 0.15) is 44.6 Å². The predicted molar refractivity (Wildman–Crippen MR) is 133 cm³/mol. The lowest BCUT2D eigenvalue weighted by atomic mass is 10.0. The number of hydrogen-bond acceptors (Lipinski definition) is 7. The number of carbonyl (C=O) groups excluding carboxylic acids is 2. The minimum absolute atomic E-state index is 0.108. The molecule has 2 N–H and O–H groups in total. The highest BCUT2D eigenvalue weighted by Gasteiger charge is 2.28. The maximum atomic E-state index is 12.7. The van der Waals surface area contributed by atoms with Crippen molar-refractivity contribution in [3.05, 3.63) is 60.4 Å². The van der Waals surface area contributed by atoms with Gasteiger partial charge in [0.2, 0.25) is 0 Å². The number of benzene rings is 2. The summed E-state index contributed by atoms with van der Waals surface area (Å²) >= 11 is 0. The minimum Gasteiger partial charge on any atom is -0.503 e. The van der Waals surface area contributed by atoms with Crippen molar-refractivity contribution in [2.45, 2.75) is 52.4 Å². The summed E-state index contributed by atoms with van der Waals surface area (Å²) in [5.74, 6) is -0.633. The molecule has 8 nitrogen and oxygen atoms in total. The number of methoxy groups -OCH3 is 1. The van der Waals surface area contributed by atoms with Crippen LogP contribution in [0.25, 0.3) is 10.8 Å². The second-order valence-corrected chi connectivity index (χ2v) is 8.84. The molecule has 0 spiro atoms. The first-order chi connectivity index (χ1) is 16.7. The molecule has 0 aliphatic rings. The van der Waals surface area contributed by atoms with Crippen LogP contribution in [0.4, 0.5) is 0 Å². The molecule has 2 aromatic carbocycles. The van der Waals surface area contributed by atoms with Crippen molar-refractivity contribution < 1.29 is 28.9 Å². The molecule has 0 saturated carbocycles. The normalized spacial score (nSPS) is 13.7. The third-order valence-corrected chi connectivity index (χ3v) is 5.56. The smallest absolute Gasteiger partial charge is 0.328 e. The zero-order valence-corrected chi connectivity index (χ0v) is 20.6. The lowest BCUT2D eigenvalue weighted by Gasteiger charge is -2.27. The highest BCUT2D eigenvalue weighted by Crippen LogP contribution is 2.28. The number of pyridine rings is 1. The third kappa shape index (κ3) is 6.62. The molecule has 1 amide bonds. The summed E-state index contributed by atoms with van der Waals surface area (Å²) in [5.41, 5.74) is -0.241. The standard InChI is InChI=1S/C27H32N2O6/c1-16(2)14-23(35-21-11-10-19-8-6-7-9-20(19)15-21)18(4)34-27(32)17(3)29-26(31)24-25(30)22(33-5)12-13-28-24/h6-13,15-18,23,30H,14H2,1-5H3,(H,29,31)/t17-,18-,23+/m0/s1. The average molecular weight is 481 g/mol. The first-order valence-electron chi connectivity index (χ1n) is 11.6. The summed E-state index contributed by atoms with van der Waals surface area (Å²) in [6.45, 7) is 7.42. The van der Waals surface area contributed by atoms with Gasteiger partial charge in [-0.25, -0.2) is 9.78 Å². The maximum Gasteiger partial charge on any atom is 0.328 e. The van der Waals surface area contributed by atoms with Gasteiger partial charge in [0, 0.05) is 12.3 Å². The Kier molecular flexibility index (Phi) is 8.52. The number of amides is 1.